The maximum absolute atomic E-state index is 6.40. The zero-order valence-corrected chi connectivity index (χ0v) is 14.4. The molecule has 2 aliphatic rings. The fourth-order valence-corrected chi connectivity index (χ4v) is 4.63. The number of hydrogen-bond acceptors (Lipinski definition) is 2. The van der Waals surface area contributed by atoms with Crippen LogP contribution in [-0.4, -0.2) is 24.0 Å². The van der Waals surface area contributed by atoms with Gasteiger partial charge in [0, 0.05) is 23.1 Å². The summed E-state index contributed by atoms with van der Waals surface area (Å²) in [5, 5.41) is 0. The molecule has 1 aliphatic carbocycles. The number of benzene rings is 1. The second kappa shape index (κ2) is 7.26. The Kier molecular flexibility index (Phi) is 5.36. The summed E-state index contributed by atoms with van der Waals surface area (Å²) in [5.74, 6) is 0.967. The third-order valence-electron chi connectivity index (χ3n) is 5.36. The number of hydrogen-bond donors (Lipinski definition) is 1. The van der Waals surface area contributed by atoms with E-state index in [1.165, 1.54) is 50.6 Å². The quantitative estimate of drug-likeness (QED) is 0.866. The molecule has 0 aromatic heterocycles. The largest absolute Gasteiger partial charge is 0.324 e. The number of fused-ring (bicyclic) bond motifs is 1. The Morgan fingerprint density at radius 1 is 1.19 bits per heavy atom. The van der Waals surface area contributed by atoms with Crippen LogP contribution in [0.4, 0.5) is 0 Å². The summed E-state index contributed by atoms with van der Waals surface area (Å²) >= 11 is 3.54. The fraction of sp³-hybridized carbons (Fsp3) is 0.667. The van der Waals surface area contributed by atoms with E-state index in [2.05, 4.69) is 45.1 Å². The minimum absolute atomic E-state index is 0.159. The molecule has 2 N–H and O–H groups in total. The molecule has 1 saturated heterocycles. The molecule has 0 spiro atoms. The van der Waals surface area contributed by atoms with Crippen LogP contribution in [0, 0.1) is 5.92 Å². The SMILES string of the molecule is NC(CCN1CCC[C@H]2CCCC[C@H]21)c1cccc(Br)c1. The normalized spacial score (nSPS) is 28.1. The first kappa shape index (κ1) is 15.5. The van der Waals surface area contributed by atoms with Crippen LogP contribution in [0.2, 0.25) is 0 Å². The molecule has 1 heterocycles. The van der Waals surface area contributed by atoms with Crippen LogP contribution in [0.15, 0.2) is 28.7 Å². The van der Waals surface area contributed by atoms with Crippen molar-refractivity contribution in [3.63, 3.8) is 0 Å². The molecule has 21 heavy (non-hydrogen) atoms. The van der Waals surface area contributed by atoms with Gasteiger partial charge in [-0.05, 0) is 62.3 Å². The third-order valence-corrected chi connectivity index (χ3v) is 5.86. The summed E-state index contributed by atoms with van der Waals surface area (Å²) in [6.45, 7) is 2.45. The lowest BCUT2D eigenvalue weighted by atomic mass is 9.78. The fourth-order valence-electron chi connectivity index (χ4n) is 4.21. The van der Waals surface area contributed by atoms with Crippen LogP contribution in [0.1, 0.15) is 56.6 Å². The van der Waals surface area contributed by atoms with Crippen molar-refractivity contribution in [2.24, 2.45) is 11.7 Å². The van der Waals surface area contributed by atoms with Crippen molar-refractivity contribution in [3.05, 3.63) is 34.3 Å². The molecule has 3 rings (SSSR count). The molecule has 1 unspecified atom stereocenters. The minimum Gasteiger partial charge on any atom is -0.324 e. The molecular weight excluding hydrogens is 324 g/mol. The average Bonchev–Trinajstić information content (AvgIpc) is 2.52. The Hall–Kier alpha value is -0.380. The van der Waals surface area contributed by atoms with Crippen molar-refractivity contribution in [2.45, 2.75) is 57.0 Å². The third kappa shape index (κ3) is 3.88. The minimum atomic E-state index is 0.159. The average molecular weight is 351 g/mol. The van der Waals surface area contributed by atoms with Crippen LogP contribution >= 0.6 is 15.9 Å². The van der Waals surface area contributed by atoms with Crippen LogP contribution < -0.4 is 5.73 Å². The number of likely N-dealkylation sites (tertiary alicyclic amines) is 1. The smallest absolute Gasteiger partial charge is 0.0307 e. The first-order valence-electron chi connectivity index (χ1n) is 8.49. The van der Waals surface area contributed by atoms with E-state index in [0.29, 0.717) is 0 Å². The molecule has 3 atom stereocenters. The van der Waals surface area contributed by atoms with E-state index in [0.717, 1.165) is 29.4 Å². The van der Waals surface area contributed by atoms with Gasteiger partial charge < -0.3 is 10.6 Å². The standard InChI is InChI=1S/C18H27BrN2/c19-16-8-3-6-15(13-16)17(20)10-12-21-11-4-7-14-5-1-2-9-18(14)21/h3,6,8,13-14,17-18H,1-2,4-5,7,9-12,20H2/t14-,17?,18-/m1/s1. The Balaban J connectivity index is 1.56. The van der Waals surface area contributed by atoms with Gasteiger partial charge >= 0.3 is 0 Å². The van der Waals surface area contributed by atoms with E-state index in [1.54, 1.807) is 0 Å². The molecule has 1 aromatic carbocycles. The lowest BCUT2D eigenvalue weighted by molar-refractivity contribution is 0.0586. The van der Waals surface area contributed by atoms with Gasteiger partial charge in [-0.2, -0.15) is 0 Å². The molecule has 1 aliphatic heterocycles. The van der Waals surface area contributed by atoms with E-state index in [9.17, 15) is 0 Å². The highest BCUT2D eigenvalue weighted by Crippen LogP contribution is 2.35. The van der Waals surface area contributed by atoms with E-state index < -0.39 is 0 Å². The van der Waals surface area contributed by atoms with Gasteiger partial charge in [0.15, 0.2) is 0 Å². The van der Waals surface area contributed by atoms with Crippen LogP contribution in [0.5, 0.6) is 0 Å². The van der Waals surface area contributed by atoms with Gasteiger partial charge in [-0.3, -0.25) is 0 Å². The second-order valence-electron chi connectivity index (χ2n) is 6.74. The van der Waals surface area contributed by atoms with Crippen molar-refractivity contribution < 1.29 is 0 Å². The Labute approximate surface area is 137 Å². The van der Waals surface area contributed by atoms with E-state index in [4.69, 9.17) is 5.73 Å². The van der Waals surface area contributed by atoms with Gasteiger partial charge in [0.2, 0.25) is 0 Å². The van der Waals surface area contributed by atoms with Crippen LogP contribution in [0.25, 0.3) is 0 Å². The van der Waals surface area contributed by atoms with Crippen molar-refractivity contribution in [1.29, 1.82) is 0 Å². The van der Waals surface area contributed by atoms with Crippen LogP contribution in [0.3, 0.4) is 0 Å². The molecule has 2 nitrogen and oxygen atoms in total. The Morgan fingerprint density at radius 3 is 2.86 bits per heavy atom. The lowest BCUT2D eigenvalue weighted by Gasteiger charge is -2.44. The zero-order valence-electron chi connectivity index (χ0n) is 12.8. The van der Waals surface area contributed by atoms with Gasteiger partial charge in [0.25, 0.3) is 0 Å². The number of rotatable bonds is 4. The summed E-state index contributed by atoms with van der Waals surface area (Å²) in [6.07, 6.45) is 9.66. The Morgan fingerprint density at radius 2 is 2.00 bits per heavy atom. The van der Waals surface area contributed by atoms with Gasteiger partial charge in [0.05, 0.1) is 0 Å². The van der Waals surface area contributed by atoms with Crippen molar-refractivity contribution in [2.75, 3.05) is 13.1 Å². The predicted molar refractivity (Wildman–Crippen MR) is 92.2 cm³/mol. The lowest BCUT2D eigenvalue weighted by Crippen LogP contribution is -2.47. The highest BCUT2D eigenvalue weighted by Gasteiger charge is 2.32. The molecule has 0 amide bonds. The van der Waals surface area contributed by atoms with Crippen molar-refractivity contribution in [1.82, 2.24) is 4.90 Å². The maximum atomic E-state index is 6.40. The summed E-state index contributed by atoms with van der Waals surface area (Å²) in [5.41, 5.74) is 7.65. The highest BCUT2D eigenvalue weighted by atomic mass is 79.9. The summed E-state index contributed by atoms with van der Waals surface area (Å²) in [6, 6.07) is 9.46. The van der Waals surface area contributed by atoms with E-state index in [-0.39, 0.29) is 6.04 Å². The first-order valence-corrected chi connectivity index (χ1v) is 9.28. The summed E-state index contributed by atoms with van der Waals surface area (Å²) < 4.78 is 1.13. The molecule has 1 aromatic rings. The molecular formula is C18H27BrN2. The number of halogens is 1. The number of piperidine rings is 1. The topological polar surface area (TPSA) is 29.3 Å². The number of nitrogens with zero attached hydrogens (tertiary/aromatic N) is 1. The molecule has 0 bridgehead atoms. The Bertz CT molecular complexity index is 460. The van der Waals surface area contributed by atoms with Gasteiger partial charge in [0.1, 0.15) is 0 Å². The predicted octanol–water partition coefficient (Wildman–Crippen LogP) is 4.49. The molecule has 1 saturated carbocycles. The monoisotopic (exact) mass is 350 g/mol. The summed E-state index contributed by atoms with van der Waals surface area (Å²) in [7, 11) is 0. The van der Waals surface area contributed by atoms with Gasteiger partial charge in [-0.25, -0.2) is 0 Å². The van der Waals surface area contributed by atoms with E-state index >= 15 is 0 Å². The number of nitrogens with two attached hydrogens (primary N) is 1. The van der Waals surface area contributed by atoms with Crippen molar-refractivity contribution in [3.8, 4) is 0 Å². The van der Waals surface area contributed by atoms with Crippen LogP contribution in [-0.2, 0) is 0 Å². The molecule has 116 valence electrons. The molecule has 0 radical (unpaired) electrons. The molecule has 3 heteroatoms. The highest BCUT2D eigenvalue weighted by molar-refractivity contribution is 9.10. The second-order valence-corrected chi connectivity index (χ2v) is 7.66. The van der Waals surface area contributed by atoms with Gasteiger partial charge in [-0.15, -0.1) is 0 Å². The van der Waals surface area contributed by atoms with E-state index in [1.807, 2.05) is 0 Å². The van der Waals surface area contributed by atoms with Crippen molar-refractivity contribution >= 4 is 15.9 Å². The summed E-state index contributed by atoms with van der Waals surface area (Å²) in [4.78, 5) is 2.74. The maximum Gasteiger partial charge on any atom is 0.0307 e. The zero-order chi connectivity index (χ0) is 14.7. The van der Waals surface area contributed by atoms with Gasteiger partial charge in [-0.1, -0.05) is 40.9 Å². The first-order chi connectivity index (χ1) is 10.2. The molecule has 2 fully saturated rings.